The molecule has 284 valence electrons. The number of allylic oxidation sites excluding steroid dienone is 1. The predicted molar refractivity (Wildman–Crippen MR) is 190 cm³/mol. The monoisotopic (exact) mass is 702 g/mol. The number of rotatable bonds is 8. The molecule has 9 heteroatoms. The van der Waals surface area contributed by atoms with E-state index >= 15 is 0 Å². The quantitative estimate of drug-likeness (QED) is 0.202. The van der Waals surface area contributed by atoms with Crippen LogP contribution in [0, 0.1) is 52.3 Å². The van der Waals surface area contributed by atoms with Gasteiger partial charge in [-0.25, -0.2) is 0 Å². The molecule has 2 saturated heterocycles. The highest BCUT2D eigenvalue weighted by Gasteiger charge is 2.70. The maximum Gasteiger partial charge on any atom is 0.159 e. The molecule has 0 spiro atoms. The highest BCUT2D eigenvalue weighted by atomic mass is 16.5. The van der Waals surface area contributed by atoms with E-state index in [1.165, 1.54) is 19.3 Å². The molecule has 17 atom stereocenters. The molecule has 0 radical (unpaired) electrons. The van der Waals surface area contributed by atoms with Crippen LogP contribution in [0.5, 0.6) is 0 Å². The van der Waals surface area contributed by atoms with Gasteiger partial charge in [0.1, 0.15) is 12.3 Å². The van der Waals surface area contributed by atoms with Crippen molar-refractivity contribution in [2.24, 2.45) is 58.0 Å². The first-order chi connectivity index (χ1) is 23.7. The molecule has 7 aliphatic rings. The first kappa shape index (κ1) is 37.4. The number of piperidine rings is 1. The largest absolute Gasteiger partial charge is 0.390 e. The minimum atomic E-state index is -1.50. The van der Waals surface area contributed by atoms with E-state index in [0.717, 1.165) is 69.4 Å². The molecule has 9 nitrogen and oxygen atoms in total. The zero-order chi connectivity index (χ0) is 35.8. The van der Waals surface area contributed by atoms with Crippen molar-refractivity contribution in [2.45, 2.75) is 178 Å². The molecule has 5 aliphatic carbocycles. The first-order valence-electron chi connectivity index (χ1n) is 20.7. The van der Waals surface area contributed by atoms with E-state index in [0.29, 0.717) is 37.5 Å². The minimum Gasteiger partial charge on any atom is -0.390 e. The Kier molecular flexibility index (Phi) is 10.3. The Morgan fingerprint density at radius 1 is 1.02 bits per heavy atom. The minimum absolute atomic E-state index is 0.0415. The number of fused-ring (bicyclic) bond motifs is 6. The standard InChI is InChI=1S/C41H68N2O7/c1-5-6-24-7-10-26-23(2)36(50-33(26)11-8-24)37(47)39(4,48)34-15-18-41(49)28-19-30(44)29-20-31(45)32(46)21-40(29,27(28)14-16-38(34,41)3)17-13-25-9-12-35(42)43-22-25/h19,23-27,29,31-37,43,45-49H,5-18,20-22,42H2,1-4H3/p+1. The topological polar surface area (TPSA) is 170 Å². The van der Waals surface area contributed by atoms with Crippen LogP contribution in [-0.2, 0) is 9.53 Å². The second-order valence-corrected chi connectivity index (χ2v) is 19.1. The van der Waals surface area contributed by atoms with E-state index in [9.17, 15) is 30.3 Å². The average Bonchev–Trinajstić information content (AvgIpc) is 3.46. The maximum absolute atomic E-state index is 14.2. The third-order valence-electron chi connectivity index (χ3n) is 16.6. The number of carbonyl (C=O) groups excluding carboxylic acids is 1. The van der Waals surface area contributed by atoms with Crippen molar-refractivity contribution in [3.8, 4) is 0 Å². The third-order valence-corrected chi connectivity index (χ3v) is 16.6. The fourth-order valence-corrected chi connectivity index (χ4v) is 13.6. The summed E-state index contributed by atoms with van der Waals surface area (Å²) in [5.74, 6) is 0.841. The Bertz CT molecular complexity index is 1280. The molecular weight excluding hydrogens is 632 g/mol. The maximum atomic E-state index is 14.2. The van der Waals surface area contributed by atoms with Gasteiger partial charge in [-0.15, -0.1) is 0 Å². The van der Waals surface area contributed by atoms with Crippen molar-refractivity contribution in [1.29, 1.82) is 0 Å². The Morgan fingerprint density at radius 2 is 1.76 bits per heavy atom. The van der Waals surface area contributed by atoms with E-state index in [-0.39, 0.29) is 42.2 Å². The van der Waals surface area contributed by atoms with Gasteiger partial charge in [-0.2, -0.15) is 0 Å². The van der Waals surface area contributed by atoms with Crippen LogP contribution in [0.1, 0.15) is 130 Å². The lowest BCUT2D eigenvalue weighted by Gasteiger charge is -2.62. The number of hydrogen-bond acceptors (Lipinski definition) is 8. The number of aliphatic hydroxyl groups excluding tert-OH is 3. The van der Waals surface area contributed by atoms with E-state index in [1.807, 2.05) is 0 Å². The fourth-order valence-electron chi connectivity index (χ4n) is 13.6. The van der Waals surface area contributed by atoms with Gasteiger partial charge in [0.25, 0.3) is 0 Å². The summed E-state index contributed by atoms with van der Waals surface area (Å²) in [7, 11) is 0. The molecule has 0 amide bonds. The van der Waals surface area contributed by atoms with Gasteiger partial charge in [0.15, 0.2) is 5.78 Å². The van der Waals surface area contributed by atoms with E-state index in [2.05, 4.69) is 26.1 Å². The molecule has 0 bridgehead atoms. The summed E-state index contributed by atoms with van der Waals surface area (Å²) >= 11 is 0. The second-order valence-electron chi connectivity index (χ2n) is 19.1. The lowest BCUT2D eigenvalue weighted by molar-refractivity contribution is -0.703. The van der Waals surface area contributed by atoms with Crippen LogP contribution in [-0.4, -0.2) is 85.7 Å². The van der Waals surface area contributed by atoms with Crippen LogP contribution in [0.4, 0.5) is 0 Å². The molecule has 9 N–H and O–H groups in total. The average molecular weight is 702 g/mol. The van der Waals surface area contributed by atoms with Gasteiger partial charge in [0.05, 0.1) is 42.2 Å². The van der Waals surface area contributed by atoms with Crippen LogP contribution >= 0.6 is 0 Å². The van der Waals surface area contributed by atoms with Gasteiger partial charge in [-0.05, 0) is 131 Å². The van der Waals surface area contributed by atoms with Crippen molar-refractivity contribution in [2.75, 3.05) is 6.54 Å². The van der Waals surface area contributed by atoms with Crippen molar-refractivity contribution in [3.05, 3.63) is 11.6 Å². The number of aliphatic hydroxyl groups is 5. The Morgan fingerprint density at radius 3 is 2.48 bits per heavy atom. The van der Waals surface area contributed by atoms with Crippen molar-refractivity contribution >= 4 is 5.78 Å². The van der Waals surface area contributed by atoms with Crippen LogP contribution < -0.4 is 11.1 Å². The summed E-state index contributed by atoms with van der Waals surface area (Å²) in [6.45, 7) is 9.24. The molecular formula is C41H69N2O7+. The second kappa shape index (κ2) is 13.7. The summed E-state index contributed by atoms with van der Waals surface area (Å²) in [5.41, 5.74) is 2.84. The van der Waals surface area contributed by atoms with Crippen LogP contribution in [0.15, 0.2) is 11.6 Å². The van der Waals surface area contributed by atoms with Gasteiger partial charge in [0.2, 0.25) is 0 Å². The van der Waals surface area contributed by atoms with Gasteiger partial charge >= 0.3 is 0 Å². The van der Waals surface area contributed by atoms with Crippen molar-refractivity contribution in [3.63, 3.8) is 0 Å². The molecule has 50 heavy (non-hydrogen) atoms. The summed E-state index contributed by atoms with van der Waals surface area (Å²) in [6.07, 6.45) is 12.2. The van der Waals surface area contributed by atoms with Gasteiger partial charge in [0, 0.05) is 23.7 Å². The third kappa shape index (κ3) is 5.91. The number of nitrogens with two attached hydrogens (primary N) is 2. The van der Waals surface area contributed by atoms with Crippen molar-refractivity contribution in [1.82, 2.24) is 0 Å². The molecule has 0 aromatic rings. The SMILES string of the molecule is CCCC1CCC2OC(C(O)C(C)(O)C3CCC4(O)C5=CC(=O)C6CC(O)C(O)CC6(CCC6CCC(N)[NH2+]C6)C5CCC34C)C(C)C2CC1. The molecule has 0 aromatic carbocycles. The Hall–Kier alpha value is -0.910. The molecule has 0 aromatic heterocycles. The van der Waals surface area contributed by atoms with Crippen LogP contribution in [0.25, 0.3) is 0 Å². The van der Waals surface area contributed by atoms with Gasteiger partial charge in [-0.3, -0.25) is 10.5 Å². The van der Waals surface area contributed by atoms with Crippen molar-refractivity contribution < 1.29 is 40.4 Å². The lowest BCUT2D eigenvalue weighted by Crippen LogP contribution is -2.95. The normalized spacial score (nSPS) is 51.0. The first-order valence-corrected chi connectivity index (χ1v) is 20.7. The van der Waals surface area contributed by atoms with E-state index in [1.54, 1.807) is 13.0 Å². The molecule has 7 rings (SSSR count). The smallest absolute Gasteiger partial charge is 0.159 e. The summed E-state index contributed by atoms with van der Waals surface area (Å²) < 4.78 is 6.68. The Balaban J connectivity index is 1.13. The number of ketones is 1. The highest BCUT2D eigenvalue weighted by Crippen LogP contribution is 2.69. The molecule has 17 unspecified atom stereocenters. The van der Waals surface area contributed by atoms with Gasteiger partial charge in [-0.1, -0.05) is 40.0 Å². The molecule has 6 fully saturated rings. The fraction of sp³-hybridized carbons (Fsp3) is 0.927. The van der Waals surface area contributed by atoms with Crippen LogP contribution in [0.3, 0.4) is 0 Å². The summed E-state index contributed by atoms with van der Waals surface area (Å²) in [6, 6.07) is 0. The number of quaternary nitrogens is 1. The molecule has 2 heterocycles. The summed E-state index contributed by atoms with van der Waals surface area (Å²) in [4.78, 5) is 14.2. The number of carbonyl (C=O) groups is 1. The summed E-state index contributed by atoms with van der Waals surface area (Å²) in [5, 5.41) is 61.7. The number of hydrogen-bond donors (Lipinski definition) is 7. The number of ether oxygens (including phenoxy) is 1. The molecule has 4 saturated carbocycles. The Labute approximate surface area is 300 Å². The van der Waals surface area contributed by atoms with E-state index < -0.39 is 52.4 Å². The zero-order valence-corrected chi connectivity index (χ0v) is 31.3. The molecule has 2 aliphatic heterocycles. The van der Waals surface area contributed by atoms with E-state index in [4.69, 9.17) is 10.5 Å². The predicted octanol–water partition coefficient (Wildman–Crippen LogP) is 3.33. The van der Waals surface area contributed by atoms with Crippen LogP contribution in [0.2, 0.25) is 0 Å². The lowest BCUT2D eigenvalue weighted by atomic mass is 9.44. The zero-order valence-electron chi connectivity index (χ0n) is 31.3. The highest BCUT2D eigenvalue weighted by molar-refractivity contribution is 5.95. The van der Waals surface area contributed by atoms with Gasteiger partial charge < -0.3 is 35.6 Å².